The molecule has 1 rings (SSSR count). The van der Waals surface area contributed by atoms with Crippen molar-refractivity contribution in [1.82, 2.24) is 5.23 Å². The van der Waals surface area contributed by atoms with Gasteiger partial charge in [0.15, 0.2) is 0 Å². The fourth-order valence-electron chi connectivity index (χ4n) is 0.755. The van der Waals surface area contributed by atoms with Crippen LogP contribution in [0.3, 0.4) is 0 Å². The fourth-order valence-corrected chi connectivity index (χ4v) is 0.755. The lowest BCUT2D eigenvalue weighted by Crippen LogP contribution is -2.31. The molecule has 0 fully saturated rings. The number of rotatable bonds is 0. The zero-order chi connectivity index (χ0) is 7.61. The number of alkyl halides is 3. The molecule has 1 nitrogen and oxygen atoms in total. The molecule has 10 heavy (non-hydrogen) atoms. The predicted octanol–water partition coefficient (Wildman–Crippen LogP) is 1.12. The maximum absolute atomic E-state index is 11.8. The van der Waals surface area contributed by atoms with Crippen LogP contribution >= 0.6 is 0 Å². The van der Waals surface area contributed by atoms with Gasteiger partial charge in [0.05, 0.1) is 0 Å². The Hall–Kier alpha value is -0.445. The van der Waals surface area contributed by atoms with Crippen molar-refractivity contribution in [3.8, 4) is 0 Å². The van der Waals surface area contributed by atoms with E-state index in [-0.39, 0.29) is 6.54 Å². The summed E-state index contributed by atoms with van der Waals surface area (Å²) in [4.78, 5) is 0. The molecule has 0 bridgehead atoms. The molecule has 1 aliphatic heterocycles. The van der Waals surface area contributed by atoms with Crippen molar-refractivity contribution in [2.24, 2.45) is 0 Å². The second kappa shape index (κ2) is 2.66. The lowest BCUT2D eigenvalue weighted by atomic mass is 9.84. The number of nitrogens with one attached hydrogen (secondary N) is 1. The maximum Gasteiger partial charge on any atom is 0.413 e. The molecular formula is C5H6BF3N-. The first-order valence-corrected chi connectivity index (χ1v) is 2.92. The molecule has 0 unspecified atom stereocenters. The quantitative estimate of drug-likeness (QED) is 0.400. The van der Waals surface area contributed by atoms with E-state index in [1.165, 1.54) is 6.08 Å². The van der Waals surface area contributed by atoms with Crippen LogP contribution in [0.15, 0.2) is 11.6 Å². The van der Waals surface area contributed by atoms with Gasteiger partial charge >= 0.3 is 6.18 Å². The number of allylic oxidation sites excluding steroid dienone is 1. The number of hydrogen-bond acceptors (Lipinski definition) is 1. The first-order valence-electron chi connectivity index (χ1n) is 2.92. The number of hydrogen-bond donors (Lipinski definition) is 1. The molecule has 1 heterocycles. The third-order valence-electron chi connectivity index (χ3n) is 1.28. The van der Waals surface area contributed by atoms with Crippen LogP contribution in [-0.2, 0) is 0 Å². The van der Waals surface area contributed by atoms with Crippen LogP contribution < -0.4 is 5.23 Å². The summed E-state index contributed by atoms with van der Waals surface area (Å²) >= 11 is 0. The summed E-state index contributed by atoms with van der Waals surface area (Å²) < 4.78 is 35.5. The molecule has 0 atom stereocenters. The highest BCUT2D eigenvalue weighted by molar-refractivity contribution is 6.33. The van der Waals surface area contributed by atoms with Gasteiger partial charge in [0.1, 0.15) is 0 Å². The standard InChI is InChI=1S/C5H6BF3N/c7-5(8,9)4-1-2-6-10-3-4/h1,10H,2-3H2/q-1. The van der Waals surface area contributed by atoms with Crippen LogP contribution in [0.25, 0.3) is 0 Å². The van der Waals surface area contributed by atoms with E-state index >= 15 is 0 Å². The lowest BCUT2D eigenvalue weighted by molar-refractivity contribution is -0.0928. The van der Waals surface area contributed by atoms with Crippen molar-refractivity contribution in [1.29, 1.82) is 0 Å². The third-order valence-corrected chi connectivity index (χ3v) is 1.28. The minimum absolute atomic E-state index is 0.0938. The smallest absolute Gasteiger partial charge is 0.413 e. The van der Waals surface area contributed by atoms with Gasteiger partial charge < -0.3 is 5.23 Å². The Morgan fingerprint density at radius 3 is 2.50 bits per heavy atom. The van der Waals surface area contributed by atoms with Gasteiger partial charge in [-0.1, -0.05) is 0 Å². The Kier molecular flexibility index (Phi) is 2.04. The van der Waals surface area contributed by atoms with Gasteiger partial charge in [0, 0.05) is 5.57 Å². The van der Waals surface area contributed by atoms with Crippen LogP contribution in [0, 0.1) is 0 Å². The molecular weight excluding hydrogens is 142 g/mol. The SMILES string of the molecule is FC(F)(F)C1=CC[B-]NC1. The van der Waals surface area contributed by atoms with Crippen molar-refractivity contribution >= 4 is 7.41 Å². The summed E-state index contributed by atoms with van der Waals surface area (Å²) in [7, 11) is 1.61. The molecule has 1 N–H and O–H groups in total. The summed E-state index contributed by atoms with van der Waals surface area (Å²) in [5.41, 5.74) is -0.477. The largest absolute Gasteiger partial charge is 0.551 e. The van der Waals surface area contributed by atoms with Gasteiger partial charge in [-0.05, 0) is 6.54 Å². The van der Waals surface area contributed by atoms with E-state index < -0.39 is 11.7 Å². The van der Waals surface area contributed by atoms with Gasteiger partial charge in [-0.15, -0.1) is 6.08 Å². The average molecular weight is 148 g/mol. The Morgan fingerprint density at radius 2 is 2.20 bits per heavy atom. The highest BCUT2D eigenvalue weighted by Crippen LogP contribution is 2.26. The van der Waals surface area contributed by atoms with E-state index in [9.17, 15) is 13.2 Å². The van der Waals surface area contributed by atoms with Gasteiger partial charge in [-0.25, -0.2) is 13.7 Å². The zero-order valence-electron chi connectivity index (χ0n) is 5.20. The topological polar surface area (TPSA) is 12.0 Å². The highest BCUT2D eigenvalue weighted by Gasteiger charge is 2.31. The molecule has 0 amide bonds. The normalized spacial score (nSPS) is 20.5. The molecule has 2 radical (unpaired) electrons. The van der Waals surface area contributed by atoms with Gasteiger partial charge in [0.25, 0.3) is 0 Å². The maximum atomic E-state index is 11.8. The summed E-state index contributed by atoms with van der Waals surface area (Å²) in [6.45, 7) is -0.0938. The highest BCUT2D eigenvalue weighted by atomic mass is 19.4. The van der Waals surface area contributed by atoms with E-state index in [2.05, 4.69) is 5.23 Å². The monoisotopic (exact) mass is 148 g/mol. The van der Waals surface area contributed by atoms with E-state index in [4.69, 9.17) is 0 Å². The zero-order valence-corrected chi connectivity index (χ0v) is 5.20. The average Bonchev–Trinajstić information content (AvgIpc) is 1.88. The summed E-state index contributed by atoms with van der Waals surface area (Å²) in [5.74, 6) is 0. The van der Waals surface area contributed by atoms with Crippen molar-refractivity contribution in [2.75, 3.05) is 6.54 Å². The van der Waals surface area contributed by atoms with E-state index in [1.807, 2.05) is 0 Å². The van der Waals surface area contributed by atoms with Crippen LogP contribution in [-0.4, -0.2) is 20.1 Å². The molecule has 0 aromatic rings. The first-order chi connectivity index (χ1) is 4.61. The minimum Gasteiger partial charge on any atom is -0.551 e. The van der Waals surface area contributed by atoms with E-state index in [0.717, 1.165) is 0 Å². The minimum atomic E-state index is -4.15. The fraction of sp³-hybridized carbons (Fsp3) is 0.600. The van der Waals surface area contributed by atoms with Crippen LogP contribution in [0.2, 0.25) is 6.32 Å². The molecule has 0 aliphatic carbocycles. The van der Waals surface area contributed by atoms with Gasteiger partial charge in [-0.3, -0.25) is 0 Å². The van der Waals surface area contributed by atoms with Crippen molar-refractivity contribution in [3.05, 3.63) is 11.6 Å². The van der Waals surface area contributed by atoms with Crippen LogP contribution in [0.5, 0.6) is 0 Å². The lowest BCUT2D eigenvalue weighted by Gasteiger charge is -2.25. The molecule has 0 aromatic carbocycles. The molecule has 5 heteroatoms. The molecule has 1 aliphatic rings. The van der Waals surface area contributed by atoms with Crippen molar-refractivity contribution in [2.45, 2.75) is 12.5 Å². The van der Waals surface area contributed by atoms with Crippen molar-refractivity contribution in [3.63, 3.8) is 0 Å². The van der Waals surface area contributed by atoms with Gasteiger partial charge in [0.2, 0.25) is 0 Å². The summed E-state index contributed by atoms with van der Waals surface area (Å²) in [6, 6.07) is 0. The third kappa shape index (κ3) is 1.77. The first kappa shape index (κ1) is 7.66. The Bertz CT molecular complexity index is 151. The van der Waals surface area contributed by atoms with E-state index in [1.54, 1.807) is 7.41 Å². The molecule has 0 saturated heterocycles. The molecule has 0 spiro atoms. The number of halogens is 3. The van der Waals surface area contributed by atoms with Crippen LogP contribution in [0.1, 0.15) is 0 Å². The van der Waals surface area contributed by atoms with Crippen LogP contribution in [0.4, 0.5) is 13.2 Å². The second-order valence-corrected chi connectivity index (χ2v) is 2.05. The summed E-state index contributed by atoms with van der Waals surface area (Å²) in [6.07, 6.45) is -2.60. The Morgan fingerprint density at radius 1 is 1.50 bits per heavy atom. The molecule has 0 saturated carbocycles. The summed E-state index contributed by atoms with van der Waals surface area (Å²) in [5, 5.41) is 2.53. The molecule has 0 aromatic heterocycles. The van der Waals surface area contributed by atoms with E-state index in [0.29, 0.717) is 6.32 Å². The Balaban J connectivity index is 2.62. The molecule has 56 valence electrons. The van der Waals surface area contributed by atoms with Crippen molar-refractivity contribution < 1.29 is 13.2 Å². The predicted molar refractivity (Wildman–Crippen MR) is 32.7 cm³/mol. The van der Waals surface area contributed by atoms with Gasteiger partial charge in [-0.2, -0.15) is 13.2 Å². The second-order valence-electron chi connectivity index (χ2n) is 2.05. The Labute approximate surface area is 57.6 Å².